The quantitative estimate of drug-likeness (QED) is 0.560. The molecule has 0 saturated heterocycles. The first-order valence-electron chi connectivity index (χ1n) is 8.22. The first-order valence-corrected chi connectivity index (χ1v) is 8.60. The molecular weight excluding hydrogens is 390 g/mol. The first kappa shape index (κ1) is 19.5. The third kappa shape index (κ3) is 4.34. The maximum absolute atomic E-state index is 13.3. The number of amides is 2. The summed E-state index contributed by atoms with van der Waals surface area (Å²) in [6.07, 6.45) is 0. The summed E-state index contributed by atoms with van der Waals surface area (Å²) in [6, 6.07) is 11.9. The van der Waals surface area contributed by atoms with Gasteiger partial charge in [0.1, 0.15) is 5.69 Å². The maximum atomic E-state index is 13.3. The van der Waals surface area contributed by atoms with E-state index in [1.165, 1.54) is 6.07 Å². The second-order valence-electron chi connectivity index (χ2n) is 5.97. The lowest BCUT2D eigenvalue weighted by atomic mass is 10.1. The van der Waals surface area contributed by atoms with Crippen molar-refractivity contribution in [2.75, 3.05) is 5.32 Å². The topological polar surface area (TPSA) is 86.9 Å². The van der Waals surface area contributed by atoms with Gasteiger partial charge >= 0.3 is 0 Å². The minimum Gasteiger partial charge on any atom is -0.344 e. The number of hydrogen-bond donors (Lipinski definition) is 3. The Morgan fingerprint density at radius 2 is 1.75 bits per heavy atom. The Morgan fingerprint density at radius 1 is 1.07 bits per heavy atom. The Labute approximate surface area is 163 Å². The van der Waals surface area contributed by atoms with Crippen molar-refractivity contribution < 1.29 is 18.4 Å². The normalized spacial score (nSPS) is 11.7. The molecule has 0 aliphatic heterocycles. The van der Waals surface area contributed by atoms with Crippen molar-refractivity contribution in [1.29, 1.82) is 0 Å². The fraction of sp³-hybridized carbons (Fsp3) is 0.105. The zero-order chi connectivity index (χ0) is 20.3. The predicted molar refractivity (Wildman–Crippen MR) is 100 cm³/mol. The van der Waals surface area contributed by atoms with E-state index in [1.807, 2.05) is 37.3 Å². The highest BCUT2D eigenvalue weighted by Gasteiger charge is 2.18. The van der Waals surface area contributed by atoms with Gasteiger partial charge in [0.05, 0.1) is 16.6 Å². The minimum absolute atomic E-state index is 0.0308. The van der Waals surface area contributed by atoms with Gasteiger partial charge in [0.2, 0.25) is 0 Å². The van der Waals surface area contributed by atoms with E-state index in [4.69, 9.17) is 11.6 Å². The van der Waals surface area contributed by atoms with Crippen molar-refractivity contribution >= 4 is 29.2 Å². The van der Waals surface area contributed by atoms with Crippen molar-refractivity contribution in [3.8, 4) is 0 Å². The molecule has 0 saturated carbocycles. The fourth-order valence-corrected chi connectivity index (χ4v) is 2.72. The number of H-pyrrole nitrogens is 1. The molecular formula is C19H15ClF2N4O2. The Balaban J connectivity index is 1.68. The largest absolute Gasteiger partial charge is 0.344 e. The lowest BCUT2D eigenvalue weighted by Gasteiger charge is -2.13. The van der Waals surface area contributed by atoms with Crippen molar-refractivity contribution in [3.05, 3.63) is 82.0 Å². The molecule has 2 aromatic carbocycles. The average Bonchev–Trinajstić information content (AvgIpc) is 3.14. The molecule has 0 unspecified atom stereocenters. The van der Waals surface area contributed by atoms with Gasteiger partial charge in [-0.2, -0.15) is 5.10 Å². The summed E-state index contributed by atoms with van der Waals surface area (Å²) in [4.78, 5) is 24.5. The third-order valence-corrected chi connectivity index (χ3v) is 4.28. The molecule has 0 spiro atoms. The highest BCUT2D eigenvalue weighted by Crippen LogP contribution is 2.21. The molecule has 2 amide bonds. The van der Waals surface area contributed by atoms with Crippen LogP contribution in [0.1, 0.15) is 39.4 Å². The van der Waals surface area contributed by atoms with Crippen LogP contribution in [0, 0.1) is 11.6 Å². The third-order valence-electron chi connectivity index (χ3n) is 3.97. The zero-order valence-electron chi connectivity index (χ0n) is 14.6. The van der Waals surface area contributed by atoms with Crippen molar-refractivity contribution in [1.82, 2.24) is 15.5 Å². The van der Waals surface area contributed by atoms with E-state index >= 15 is 0 Å². The van der Waals surface area contributed by atoms with E-state index in [1.54, 1.807) is 0 Å². The summed E-state index contributed by atoms with van der Waals surface area (Å²) >= 11 is 5.77. The van der Waals surface area contributed by atoms with Crippen molar-refractivity contribution in [3.63, 3.8) is 0 Å². The van der Waals surface area contributed by atoms with Crippen LogP contribution in [0.15, 0.2) is 48.5 Å². The number of anilines is 1. The van der Waals surface area contributed by atoms with Crippen LogP contribution in [0.4, 0.5) is 14.6 Å². The fourth-order valence-electron chi connectivity index (χ4n) is 2.48. The Morgan fingerprint density at radius 3 is 2.46 bits per heavy atom. The van der Waals surface area contributed by atoms with E-state index in [-0.39, 0.29) is 28.1 Å². The van der Waals surface area contributed by atoms with Gasteiger partial charge in [-0.15, -0.1) is 0 Å². The Bertz CT molecular complexity index is 1020. The summed E-state index contributed by atoms with van der Waals surface area (Å²) in [5.74, 6) is -3.54. The van der Waals surface area contributed by atoms with E-state index in [9.17, 15) is 18.4 Å². The number of benzene rings is 2. The van der Waals surface area contributed by atoms with Crippen LogP contribution in [-0.2, 0) is 0 Å². The Hall–Kier alpha value is -3.26. The molecule has 0 aliphatic rings. The molecule has 9 heteroatoms. The van der Waals surface area contributed by atoms with Crippen LogP contribution < -0.4 is 10.6 Å². The van der Waals surface area contributed by atoms with Crippen LogP contribution in [0.25, 0.3) is 0 Å². The first-order chi connectivity index (χ1) is 13.3. The molecule has 0 radical (unpaired) electrons. The summed E-state index contributed by atoms with van der Waals surface area (Å²) < 4.78 is 26.5. The number of aromatic nitrogens is 2. The molecule has 0 bridgehead atoms. The molecule has 3 rings (SSSR count). The predicted octanol–water partition coefficient (Wildman–Crippen LogP) is 4.08. The van der Waals surface area contributed by atoms with Crippen LogP contribution in [-0.4, -0.2) is 22.0 Å². The van der Waals surface area contributed by atoms with Gasteiger partial charge in [0.15, 0.2) is 17.5 Å². The summed E-state index contributed by atoms with van der Waals surface area (Å²) in [5.41, 5.74) is 0.790. The number of nitrogens with zero attached hydrogens (tertiary/aromatic N) is 1. The van der Waals surface area contributed by atoms with E-state index in [2.05, 4.69) is 20.8 Å². The van der Waals surface area contributed by atoms with E-state index in [0.29, 0.717) is 12.1 Å². The van der Waals surface area contributed by atoms with Crippen LogP contribution in [0.2, 0.25) is 5.02 Å². The van der Waals surface area contributed by atoms with E-state index < -0.39 is 23.4 Å². The molecule has 3 aromatic rings. The lowest BCUT2D eigenvalue weighted by molar-refractivity contribution is 0.0934. The van der Waals surface area contributed by atoms with Gasteiger partial charge in [0.25, 0.3) is 11.8 Å². The van der Waals surface area contributed by atoms with Crippen molar-refractivity contribution in [2.24, 2.45) is 0 Å². The summed E-state index contributed by atoms with van der Waals surface area (Å²) in [7, 11) is 0. The molecule has 6 nitrogen and oxygen atoms in total. The number of rotatable bonds is 5. The number of nitrogens with one attached hydrogen (secondary N) is 3. The number of aromatic amines is 1. The molecule has 28 heavy (non-hydrogen) atoms. The molecule has 0 fully saturated rings. The zero-order valence-corrected chi connectivity index (χ0v) is 15.3. The monoisotopic (exact) mass is 404 g/mol. The van der Waals surface area contributed by atoms with Gasteiger partial charge < -0.3 is 10.6 Å². The highest BCUT2D eigenvalue weighted by molar-refractivity contribution is 6.34. The lowest BCUT2D eigenvalue weighted by Crippen LogP contribution is -2.26. The molecule has 1 heterocycles. The van der Waals surface area contributed by atoms with Gasteiger partial charge in [-0.1, -0.05) is 41.9 Å². The van der Waals surface area contributed by atoms with Crippen LogP contribution >= 0.6 is 11.6 Å². The van der Waals surface area contributed by atoms with Gasteiger partial charge in [-0.25, -0.2) is 8.78 Å². The summed E-state index contributed by atoms with van der Waals surface area (Å²) in [6.45, 7) is 1.83. The molecule has 1 aromatic heterocycles. The number of halogens is 3. The second-order valence-corrected chi connectivity index (χ2v) is 6.38. The minimum atomic E-state index is -1.20. The smallest absolute Gasteiger partial charge is 0.269 e. The second kappa shape index (κ2) is 8.18. The van der Waals surface area contributed by atoms with E-state index in [0.717, 1.165) is 5.56 Å². The average molecular weight is 405 g/mol. The van der Waals surface area contributed by atoms with Gasteiger partial charge in [-0.05, 0) is 24.6 Å². The highest BCUT2D eigenvalue weighted by atomic mass is 35.5. The molecule has 3 N–H and O–H groups in total. The van der Waals surface area contributed by atoms with Crippen molar-refractivity contribution in [2.45, 2.75) is 13.0 Å². The van der Waals surface area contributed by atoms with Gasteiger partial charge in [0, 0.05) is 6.07 Å². The number of hydrogen-bond acceptors (Lipinski definition) is 3. The number of carbonyl (C=O) groups excluding carboxylic acids is 2. The molecule has 1 atom stereocenters. The SMILES string of the molecule is C[C@H](NC(=O)c1cc(NC(=O)c2cc(F)c(F)cc2Cl)n[nH]1)c1ccccc1. The maximum Gasteiger partial charge on any atom is 0.269 e. The molecule has 0 aliphatic carbocycles. The Kier molecular flexibility index (Phi) is 5.70. The van der Waals surface area contributed by atoms with Gasteiger partial charge in [-0.3, -0.25) is 14.7 Å². The van der Waals surface area contributed by atoms with Crippen LogP contribution in [0.5, 0.6) is 0 Å². The number of carbonyl (C=O) groups is 2. The van der Waals surface area contributed by atoms with Crippen LogP contribution in [0.3, 0.4) is 0 Å². The molecule has 144 valence electrons. The standard InChI is InChI=1S/C19H15ClF2N4O2/c1-10(11-5-3-2-4-6-11)23-19(28)16-9-17(26-25-16)24-18(27)12-7-14(21)15(22)8-13(12)20/h2-10H,1H3,(H,23,28)(H2,24,25,26,27)/t10-/m0/s1. The summed E-state index contributed by atoms with van der Waals surface area (Å²) in [5, 5.41) is 11.3.